The fraction of sp³-hybridized carbons (Fsp3) is 0.167. The molecule has 104 valence electrons. The maximum atomic E-state index is 5.30. The second-order valence-electron chi connectivity index (χ2n) is 3.79. The van der Waals surface area contributed by atoms with Gasteiger partial charge in [-0.25, -0.2) is 4.99 Å². The molecule has 0 spiro atoms. The van der Waals surface area contributed by atoms with E-state index in [0.717, 1.165) is 22.8 Å². The molecule has 0 atom stereocenters. The number of hydrogen-bond acceptors (Lipinski definition) is 5. The van der Waals surface area contributed by atoms with Crippen LogP contribution in [0.2, 0.25) is 0 Å². The highest BCUT2D eigenvalue weighted by molar-refractivity contribution is 7.18. The molecule has 2 rings (SSSR count). The third-order valence-corrected chi connectivity index (χ3v) is 3.13. The van der Waals surface area contributed by atoms with E-state index in [4.69, 9.17) is 11.5 Å². The van der Waals surface area contributed by atoms with Crippen molar-refractivity contribution in [1.29, 1.82) is 0 Å². The van der Waals surface area contributed by atoms with E-state index < -0.39 is 0 Å². The number of guanidine groups is 1. The van der Waals surface area contributed by atoms with Crippen LogP contribution in [0.15, 0.2) is 34.3 Å². The SMILES string of the molecule is CCN/C=N/c1ccc(-c2nnc(N=C(N)N)s2)cc1. The average molecular weight is 289 g/mol. The second kappa shape index (κ2) is 6.62. The molecule has 0 amide bonds. The van der Waals surface area contributed by atoms with Crippen molar-refractivity contribution in [3.05, 3.63) is 24.3 Å². The highest BCUT2D eigenvalue weighted by Crippen LogP contribution is 2.28. The molecular formula is C12H15N7S. The molecule has 0 aliphatic rings. The molecule has 20 heavy (non-hydrogen) atoms. The summed E-state index contributed by atoms with van der Waals surface area (Å²) in [6.45, 7) is 2.86. The molecule has 1 aromatic heterocycles. The third kappa shape index (κ3) is 3.75. The molecule has 0 radical (unpaired) electrons. The average Bonchev–Trinajstić information content (AvgIpc) is 2.87. The molecule has 7 nitrogen and oxygen atoms in total. The Balaban J connectivity index is 2.13. The summed E-state index contributed by atoms with van der Waals surface area (Å²) < 4.78 is 0. The van der Waals surface area contributed by atoms with E-state index in [1.165, 1.54) is 11.3 Å². The number of nitrogens with one attached hydrogen (secondary N) is 1. The standard InChI is InChI=1S/C12H15N7S/c1-2-15-7-16-9-5-3-8(4-6-9)10-18-19-12(20-10)17-11(13)14/h3-7H,2H2,1H3,(H,15,16)(H4,13,14,17,19). The first kappa shape index (κ1) is 13.9. The maximum Gasteiger partial charge on any atom is 0.235 e. The highest BCUT2D eigenvalue weighted by atomic mass is 32.1. The van der Waals surface area contributed by atoms with Gasteiger partial charge in [0.15, 0.2) is 5.96 Å². The Hall–Kier alpha value is -2.48. The summed E-state index contributed by atoms with van der Waals surface area (Å²) in [5, 5.41) is 12.2. The number of hydrogen-bond donors (Lipinski definition) is 3. The Kier molecular flexibility index (Phi) is 4.61. The van der Waals surface area contributed by atoms with Crippen LogP contribution in [-0.2, 0) is 0 Å². The Morgan fingerprint density at radius 2 is 2.05 bits per heavy atom. The van der Waals surface area contributed by atoms with Crippen LogP contribution < -0.4 is 16.8 Å². The molecular weight excluding hydrogens is 274 g/mol. The van der Waals surface area contributed by atoms with E-state index in [-0.39, 0.29) is 5.96 Å². The van der Waals surface area contributed by atoms with Crippen molar-refractivity contribution < 1.29 is 0 Å². The molecule has 0 saturated heterocycles. The lowest BCUT2D eigenvalue weighted by molar-refractivity contribution is 0.987. The summed E-state index contributed by atoms with van der Waals surface area (Å²) >= 11 is 1.32. The Bertz CT molecular complexity index is 611. The fourth-order valence-electron chi connectivity index (χ4n) is 1.39. The van der Waals surface area contributed by atoms with Gasteiger partial charge in [-0.1, -0.05) is 11.3 Å². The van der Waals surface area contributed by atoms with Gasteiger partial charge in [0.2, 0.25) is 5.13 Å². The van der Waals surface area contributed by atoms with E-state index in [9.17, 15) is 0 Å². The van der Waals surface area contributed by atoms with Gasteiger partial charge in [-0.05, 0) is 31.2 Å². The van der Waals surface area contributed by atoms with E-state index in [2.05, 4.69) is 25.5 Å². The predicted molar refractivity (Wildman–Crippen MR) is 82.6 cm³/mol. The van der Waals surface area contributed by atoms with Gasteiger partial charge >= 0.3 is 0 Å². The van der Waals surface area contributed by atoms with Crippen LogP contribution in [0.5, 0.6) is 0 Å². The van der Waals surface area contributed by atoms with Gasteiger partial charge in [0, 0.05) is 12.1 Å². The molecule has 1 heterocycles. The third-order valence-electron chi connectivity index (χ3n) is 2.26. The van der Waals surface area contributed by atoms with Crippen LogP contribution in [-0.4, -0.2) is 29.0 Å². The molecule has 0 saturated carbocycles. The van der Waals surface area contributed by atoms with Crippen molar-refractivity contribution in [3.8, 4) is 10.6 Å². The van der Waals surface area contributed by atoms with Crippen LogP contribution in [0.25, 0.3) is 10.6 Å². The zero-order chi connectivity index (χ0) is 14.4. The number of rotatable bonds is 5. The maximum absolute atomic E-state index is 5.30. The molecule has 0 aliphatic heterocycles. The first-order valence-corrected chi connectivity index (χ1v) is 6.80. The monoisotopic (exact) mass is 289 g/mol. The lowest BCUT2D eigenvalue weighted by Crippen LogP contribution is -2.21. The van der Waals surface area contributed by atoms with Gasteiger partial charge in [0.05, 0.1) is 12.0 Å². The van der Waals surface area contributed by atoms with Crippen LogP contribution in [0.4, 0.5) is 10.8 Å². The van der Waals surface area contributed by atoms with Crippen molar-refractivity contribution in [2.75, 3.05) is 6.54 Å². The van der Waals surface area contributed by atoms with Gasteiger partial charge in [0.25, 0.3) is 0 Å². The van der Waals surface area contributed by atoms with Crippen molar-refractivity contribution >= 4 is 34.5 Å². The lowest BCUT2D eigenvalue weighted by Gasteiger charge is -1.97. The normalized spacial score (nSPS) is 10.7. The Morgan fingerprint density at radius 3 is 2.70 bits per heavy atom. The summed E-state index contributed by atoms with van der Waals surface area (Å²) in [5.41, 5.74) is 12.4. The van der Waals surface area contributed by atoms with Crippen LogP contribution >= 0.6 is 11.3 Å². The Morgan fingerprint density at radius 1 is 1.30 bits per heavy atom. The van der Waals surface area contributed by atoms with Gasteiger partial charge in [-0.3, -0.25) is 0 Å². The number of aliphatic imine (C=N–C) groups is 2. The van der Waals surface area contributed by atoms with Gasteiger partial charge in [0.1, 0.15) is 5.01 Å². The minimum absolute atomic E-state index is 0.0270. The second-order valence-corrected chi connectivity index (χ2v) is 4.75. The van der Waals surface area contributed by atoms with Crippen molar-refractivity contribution in [1.82, 2.24) is 15.5 Å². The summed E-state index contributed by atoms with van der Waals surface area (Å²) in [4.78, 5) is 8.11. The molecule has 0 aliphatic carbocycles. The molecule has 0 unspecified atom stereocenters. The largest absolute Gasteiger partial charge is 0.376 e. The van der Waals surface area contributed by atoms with Crippen molar-refractivity contribution in [2.24, 2.45) is 21.5 Å². The topological polar surface area (TPSA) is 115 Å². The number of nitrogens with two attached hydrogens (primary N) is 2. The summed E-state index contributed by atoms with van der Waals surface area (Å²) in [6, 6.07) is 7.67. The summed E-state index contributed by atoms with van der Waals surface area (Å²) in [7, 11) is 0. The fourth-order valence-corrected chi connectivity index (χ4v) is 2.13. The van der Waals surface area contributed by atoms with E-state index in [1.54, 1.807) is 6.34 Å². The highest BCUT2D eigenvalue weighted by Gasteiger charge is 2.05. The van der Waals surface area contributed by atoms with Crippen LogP contribution in [0, 0.1) is 0 Å². The van der Waals surface area contributed by atoms with Gasteiger partial charge < -0.3 is 16.8 Å². The molecule has 5 N–H and O–H groups in total. The summed E-state index contributed by atoms with van der Waals surface area (Å²) in [6.07, 6.45) is 1.68. The van der Waals surface area contributed by atoms with Crippen LogP contribution in [0.3, 0.4) is 0 Å². The first-order valence-electron chi connectivity index (χ1n) is 5.98. The molecule has 2 aromatic rings. The zero-order valence-electron chi connectivity index (χ0n) is 10.9. The molecule has 0 fully saturated rings. The minimum atomic E-state index is -0.0270. The van der Waals surface area contributed by atoms with Crippen molar-refractivity contribution in [2.45, 2.75) is 6.92 Å². The van der Waals surface area contributed by atoms with E-state index >= 15 is 0 Å². The molecule has 8 heteroatoms. The zero-order valence-corrected chi connectivity index (χ0v) is 11.8. The van der Waals surface area contributed by atoms with E-state index in [1.807, 2.05) is 31.2 Å². The van der Waals surface area contributed by atoms with Crippen molar-refractivity contribution in [3.63, 3.8) is 0 Å². The molecule has 0 bridgehead atoms. The first-order chi connectivity index (χ1) is 9.69. The number of aromatic nitrogens is 2. The Labute approximate surface area is 120 Å². The summed E-state index contributed by atoms with van der Waals surface area (Å²) in [5.74, 6) is -0.0270. The number of nitrogens with zero attached hydrogens (tertiary/aromatic N) is 4. The minimum Gasteiger partial charge on any atom is -0.376 e. The number of benzene rings is 1. The predicted octanol–water partition coefficient (Wildman–Crippen LogP) is 1.38. The van der Waals surface area contributed by atoms with E-state index in [0.29, 0.717) is 5.13 Å². The molecule has 1 aromatic carbocycles. The smallest absolute Gasteiger partial charge is 0.235 e. The lowest BCUT2D eigenvalue weighted by atomic mass is 10.2. The van der Waals surface area contributed by atoms with Gasteiger partial charge in [-0.2, -0.15) is 4.99 Å². The van der Waals surface area contributed by atoms with Crippen LogP contribution in [0.1, 0.15) is 6.92 Å². The van der Waals surface area contributed by atoms with Gasteiger partial charge in [-0.15, -0.1) is 10.2 Å². The quantitative estimate of drug-likeness (QED) is 0.568.